The van der Waals surface area contributed by atoms with Crippen molar-refractivity contribution in [1.82, 2.24) is 5.32 Å². The summed E-state index contributed by atoms with van der Waals surface area (Å²) in [5, 5.41) is 7.84. The fourth-order valence-corrected chi connectivity index (χ4v) is 3.58. The largest absolute Gasteiger partial charge is 0.494 e. The summed E-state index contributed by atoms with van der Waals surface area (Å²) in [4.78, 5) is 0. The molecular weight excluding hydrogens is 322 g/mol. The normalized spacial score (nSPS) is 12.4. The van der Waals surface area contributed by atoms with Crippen molar-refractivity contribution in [3.8, 4) is 5.75 Å². The third-order valence-electron chi connectivity index (χ3n) is 2.89. The van der Waals surface area contributed by atoms with E-state index in [0.29, 0.717) is 6.61 Å². The van der Waals surface area contributed by atoms with E-state index in [9.17, 15) is 0 Å². The lowest BCUT2D eigenvalue weighted by atomic mass is 10.0. The highest BCUT2D eigenvalue weighted by Crippen LogP contribution is 2.32. The molecule has 0 amide bonds. The van der Waals surface area contributed by atoms with Crippen molar-refractivity contribution in [2.45, 2.75) is 19.9 Å². The Labute approximate surface area is 126 Å². The van der Waals surface area contributed by atoms with Gasteiger partial charge in [0.2, 0.25) is 0 Å². The summed E-state index contributed by atoms with van der Waals surface area (Å²) in [6, 6.07) is 8.54. The molecule has 1 atom stereocenters. The van der Waals surface area contributed by atoms with Crippen LogP contribution in [0.3, 0.4) is 0 Å². The number of nitrogens with one attached hydrogen (secondary N) is 1. The molecule has 0 radical (unpaired) electrons. The molecule has 2 aromatic rings. The molecular formula is C15H18BrNOS. The predicted octanol–water partition coefficient (Wildman–Crippen LogP) is 4.61. The first-order valence-electron chi connectivity index (χ1n) is 6.44. The highest BCUT2D eigenvalue weighted by atomic mass is 79.9. The van der Waals surface area contributed by atoms with Crippen LogP contribution in [0, 0.1) is 0 Å². The van der Waals surface area contributed by atoms with Crippen LogP contribution in [0.1, 0.15) is 31.0 Å². The average molecular weight is 340 g/mol. The van der Waals surface area contributed by atoms with Gasteiger partial charge in [0, 0.05) is 9.85 Å². The molecule has 0 aliphatic carbocycles. The van der Waals surface area contributed by atoms with E-state index in [1.54, 1.807) is 11.3 Å². The van der Waals surface area contributed by atoms with Crippen molar-refractivity contribution in [2.24, 2.45) is 0 Å². The molecule has 0 saturated carbocycles. The van der Waals surface area contributed by atoms with E-state index in [2.05, 4.69) is 51.1 Å². The van der Waals surface area contributed by atoms with E-state index in [1.807, 2.05) is 19.1 Å². The molecule has 1 aromatic carbocycles. The lowest BCUT2D eigenvalue weighted by molar-refractivity contribution is 0.340. The van der Waals surface area contributed by atoms with Crippen LogP contribution in [0.25, 0.3) is 0 Å². The third kappa shape index (κ3) is 3.59. The zero-order chi connectivity index (χ0) is 13.7. The summed E-state index contributed by atoms with van der Waals surface area (Å²) in [7, 11) is 0. The maximum atomic E-state index is 5.49. The van der Waals surface area contributed by atoms with Crippen molar-refractivity contribution < 1.29 is 4.74 Å². The number of benzene rings is 1. The zero-order valence-corrected chi connectivity index (χ0v) is 13.6. The molecule has 0 bridgehead atoms. The summed E-state index contributed by atoms with van der Waals surface area (Å²) in [6.45, 7) is 5.76. The van der Waals surface area contributed by atoms with Crippen LogP contribution in [-0.4, -0.2) is 13.2 Å². The molecule has 0 aliphatic heterocycles. The van der Waals surface area contributed by atoms with Gasteiger partial charge in [0.05, 0.1) is 12.6 Å². The van der Waals surface area contributed by atoms with Crippen molar-refractivity contribution in [1.29, 1.82) is 0 Å². The Balaban J connectivity index is 2.26. The van der Waals surface area contributed by atoms with Gasteiger partial charge in [-0.25, -0.2) is 0 Å². The summed E-state index contributed by atoms with van der Waals surface area (Å²) in [5.74, 6) is 0.922. The first kappa shape index (κ1) is 14.6. The Hall–Kier alpha value is -0.840. The second-order valence-electron chi connectivity index (χ2n) is 4.17. The maximum Gasteiger partial charge on any atom is 0.119 e. The van der Waals surface area contributed by atoms with Crippen molar-refractivity contribution in [3.05, 3.63) is 50.6 Å². The fourth-order valence-electron chi connectivity index (χ4n) is 2.03. The minimum atomic E-state index is 0.223. The van der Waals surface area contributed by atoms with Gasteiger partial charge in [0.1, 0.15) is 5.75 Å². The Bertz CT molecular complexity index is 509. The number of thiophene rings is 1. The number of halogens is 1. The van der Waals surface area contributed by atoms with Gasteiger partial charge in [0.25, 0.3) is 0 Å². The van der Waals surface area contributed by atoms with Crippen LogP contribution in [0.5, 0.6) is 5.75 Å². The molecule has 102 valence electrons. The number of rotatable bonds is 6. The van der Waals surface area contributed by atoms with Crippen molar-refractivity contribution >= 4 is 27.3 Å². The van der Waals surface area contributed by atoms with Crippen LogP contribution in [0.15, 0.2) is 39.5 Å². The molecule has 19 heavy (non-hydrogen) atoms. The maximum absolute atomic E-state index is 5.49. The first-order chi connectivity index (χ1) is 9.26. The number of hydrogen-bond acceptors (Lipinski definition) is 3. The first-order valence-corrected chi connectivity index (χ1v) is 8.17. The standard InChI is InChI=1S/C15H18BrNOS/c1-3-17-15(13-9-19-10-14(13)16)11-5-7-12(8-6-11)18-4-2/h5-10,15,17H,3-4H2,1-2H3. The second kappa shape index (κ2) is 7.08. The van der Waals surface area contributed by atoms with Gasteiger partial charge in [0.15, 0.2) is 0 Å². The molecule has 2 rings (SSSR count). The number of ether oxygens (including phenoxy) is 1. The smallest absolute Gasteiger partial charge is 0.119 e. The van der Waals surface area contributed by atoms with Gasteiger partial charge in [-0.05, 0) is 58.0 Å². The van der Waals surface area contributed by atoms with Gasteiger partial charge in [-0.3, -0.25) is 0 Å². The molecule has 0 aliphatic rings. The molecule has 0 saturated heterocycles. The Morgan fingerprint density at radius 3 is 2.47 bits per heavy atom. The highest BCUT2D eigenvalue weighted by Gasteiger charge is 2.16. The summed E-state index contributed by atoms with van der Waals surface area (Å²) >= 11 is 5.33. The summed E-state index contributed by atoms with van der Waals surface area (Å²) in [5.41, 5.74) is 2.54. The van der Waals surface area contributed by atoms with E-state index < -0.39 is 0 Å². The molecule has 1 N–H and O–H groups in total. The van der Waals surface area contributed by atoms with Gasteiger partial charge < -0.3 is 10.1 Å². The van der Waals surface area contributed by atoms with E-state index in [0.717, 1.165) is 16.8 Å². The van der Waals surface area contributed by atoms with Crippen molar-refractivity contribution in [2.75, 3.05) is 13.2 Å². The summed E-state index contributed by atoms with van der Waals surface area (Å²) < 4.78 is 6.65. The van der Waals surface area contributed by atoms with Crippen LogP contribution in [-0.2, 0) is 0 Å². The topological polar surface area (TPSA) is 21.3 Å². The van der Waals surface area contributed by atoms with Gasteiger partial charge >= 0.3 is 0 Å². The Morgan fingerprint density at radius 2 is 1.95 bits per heavy atom. The van der Waals surface area contributed by atoms with Gasteiger partial charge in [-0.15, -0.1) is 0 Å². The average Bonchev–Trinajstić information content (AvgIpc) is 2.84. The summed E-state index contributed by atoms with van der Waals surface area (Å²) in [6.07, 6.45) is 0. The lowest BCUT2D eigenvalue weighted by Gasteiger charge is -2.18. The Kier molecular flexibility index (Phi) is 5.43. The van der Waals surface area contributed by atoms with Crippen molar-refractivity contribution in [3.63, 3.8) is 0 Å². The van der Waals surface area contributed by atoms with Crippen LogP contribution >= 0.6 is 27.3 Å². The fraction of sp³-hybridized carbons (Fsp3) is 0.333. The Morgan fingerprint density at radius 1 is 1.21 bits per heavy atom. The van der Waals surface area contributed by atoms with Crippen LogP contribution in [0.4, 0.5) is 0 Å². The van der Waals surface area contributed by atoms with E-state index in [4.69, 9.17) is 4.74 Å². The van der Waals surface area contributed by atoms with E-state index >= 15 is 0 Å². The molecule has 0 spiro atoms. The highest BCUT2D eigenvalue weighted by molar-refractivity contribution is 9.10. The SMILES string of the molecule is CCNC(c1ccc(OCC)cc1)c1cscc1Br. The minimum absolute atomic E-state index is 0.223. The lowest BCUT2D eigenvalue weighted by Crippen LogP contribution is -2.21. The molecule has 0 fully saturated rings. The monoisotopic (exact) mass is 339 g/mol. The molecule has 1 aromatic heterocycles. The second-order valence-corrected chi connectivity index (χ2v) is 5.77. The molecule has 1 heterocycles. The molecule has 1 unspecified atom stereocenters. The predicted molar refractivity (Wildman–Crippen MR) is 85.1 cm³/mol. The minimum Gasteiger partial charge on any atom is -0.494 e. The molecule has 2 nitrogen and oxygen atoms in total. The number of hydrogen-bond donors (Lipinski definition) is 1. The quantitative estimate of drug-likeness (QED) is 0.829. The molecule has 4 heteroatoms. The van der Waals surface area contributed by atoms with Crippen LogP contribution < -0.4 is 10.1 Å². The van der Waals surface area contributed by atoms with Gasteiger partial charge in [-0.2, -0.15) is 11.3 Å². The van der Waals surface area contributed by atoms with Gasteiger partial charge in [-0.1, -0.05) is 19.1 Å². The van der Waals surface area contributed by atoms with E-state index in [-0.39, 0.29) is 6.04 Å². The van der Waals surface area contributed by atoms with Crippen LogP contribution in [0.2, 0.25) is 0 Å². The van der Waals surface area contributed by atoms with E-state index in [1.165, 1.54) is 11.1 Å². The zero-order valence-electron chi connectivity index (χ0n) is 11.2. The third-order valence-corrected chi connectivity index (χ3v) is 4.64.